The molecule has 1 aliphatic carbocycles. The standard InChI is InChI=1S/C22H42N2O2/c1-19(2,3)13-21(7,8)23-17(25)15-11-12-16(15)18(26)24-22(9,10)14-20(4,5)6/h15-16H,11-14H2,1-10H3,(H,23,25)(H,24,26). The Balaban J connectivity index is 2.66. The van der Waals surface area contributed by atoms with E-state index in [1.54, 1.807) is 0 Å². The Morgan fingerprint density at radius 1 is 0.654 bits per heavy atom. The van der Waals surface area contributed by atoms with Gasteiger partial charge in [0.25, 0.3) is 0 Å². The molecule has 0 aromatic carbocycles. The molecule has 1 saturated carbocycles. The lowest BCUT2D eigenvalue weighted by Gasteiger charge is -2.41. The van der Waals surface area contributed by atoms with Gasteiger partial charge in [0, 0.05) is 22.9 Å². The minimum absolute atomic E-state index is 0.0271. The molecular formula is C22H42N2O2. The first-order valence-corrected chi connectivity index (χ1v) is 10.0. The van der Waals surface area contributed by atoms with Crippen molar-refractivity contribution in [1.82, 2.24) is 10.6 Å². The fourth-order valence-electron chi connectivity index (χ4n) is 4.72. The van der Waals surface area contributed by atoms with E-state index >= 15 is 0 Å². The third kappa shape index (κ3) is 7.67. The summed E-state index contributed by atoms with van der Waals surface area (Å²) >= 11 is 0. The van der Waals surface area contributed by atoms with Crippen molar-refractivity contribution in [3.63, 3.8) is 0 Å². The summed E-state index contributed by atoms with van der Waals surface area (Å²) < 4.78 is 0. The molecule has 2 N–H and O–H groups in total. The van der Waals surface area contributed by atoms with E-state index in [0.29, 0.717) is 0 Å². The Kier molecular flexibility index (Phi) is 6.64. The highest BCUT2D eigenvalue weighted by molar-refractivity contribution is 5.89. The van der Waals surface area contributed by atoms with Crippen molar-refractivity contribution in [2.45, 2.75) is 106 Å². The second kappa shape index (κ2) is 7.52. The average Bonchev–Trinajstić information content (AvgIpc) is 2.15. The van der Waals surface area contributed by atoms with E-state index in [4.69, 9.17) is 0 Å². The topological polar surface area (TPSA) is 58.2 Å². The molecular weight excluding hydrogens is 324 g/mol. The largest absolute Gasteiger partial charge is 0.351 e. The van der Waals surface area contributed by atoms with Gasteiger partial charge in [-0.2, -0.15) is 0 Å². The number of nitrogens with one attached hydrogen (secondary N) is 2. The molecule has 0 spiro atoms. The van der Waals surface area contributed by atoms with Crippen molar-refractivity contribution in [3.8, 4) is 0 Å². The second-order valence-electron chi connectivity index (χ2n) is 12.0. The van der Waals surface area contributed by atoms with Crippen LogP contribution in [0, 0.1) is 22.7 Å². The molecule has 0 heterocycles. The molecule has 152 valence electrons. The van der Waals surface area contributed by atoms with Crippen molar-refractivity contribution in [2.24, 2.45) is 22.7 Å². The summed E-state index contributed by atoms with van der Waals surface area (Å²) in [5.74, 6) is -0.335. The molecule has 4 nitrogen and oxygen atoms in total. The number of hydrogen-bond donors (Lipinski definition) is 2. The van der Waals surface area contributed by atoms with Crippen LogP contribution in [0.2, 0.25) is 0 Å². The summed E-state index contributed by atoms with van der Waals surface area (Å²) in [7, 11) is 0. The van der Waals surface area contributed by atoms with Gasteiger partial charge in [0.05, 0.1) is 0 Å². The van der Waals surface area contributed by atoms with Gasteiger partial charge in [0.15, 0.2) is 0 Å². The fraction of sp³-hybridized carbons (Fsp3) is 0.909. The molecule has 0 radical (unpaired) electrons. The molecule has 0 aromatic heterocycles. The highest BCUT2D eigenvalue weighted by Crippen LogP contribution is 2.37. The molecule has 0 bridgehead atoms. The predicted octanol–water partition coefficient (Wildman–Crippen LogP) is 4.67. The quantitative estimate of drug-likeness (QED) is 0.717. The van der Waals surface area contributed by atoms with Crippen LogP contribution in [0.15, 0.2) is 0 Å². The van der Waals surface area contributed by atoms with Crippen molar-refractivity contribution >= 4 is 11.8 Å². The van der Waals surface area contributed by atoms with E-state index in [2.05, 4.69) is 79.9 Å². The van der Waals surface area contributed by atoms with Gasteiger partial charge in [-0.1, -0.05) is 41.5 Å². The van der Waals surface area contributed by atoms with Crippen LogP contribution < -0.4 is 10.6 Å². The summed E-state index contributed by atoms with van der Waals surface area (Å²) in [6.07, 6.45) is 3.40. The van der Waals surface area contributed by atoms with Gasteiger partial charge >= 0.3 is 0 Å². The van der Waals surface area contributed by atoms with Gasteiger partial charge in [0.1, 0.15) is 0 Å². The Labute approximate surface area is 161 Å². The molecule has 1 aliphatic rings. The molecule has 0 aliphatic heterocycles. The molecule has 2 unspecified atom stereocenters. The average molecular weight is 367 g/mol. The van der Waals surface area contributed by atoms with E-state index in [1.165, 1.54) is 0 Å². The lowest BCUT2D eigenvalue weighted by Crippen LogP contribution is -2.56. The summed E-state index contributed by atoms with van der Waals surface area (Å²) in [5, 5.41) is 6.36. The van der Waals surface area contributed by atoms with Crippen LogP contribution in [-0.4, -0.2) is 22.9 Å². The van der Waals surface area contributed by atoms with Crippen molar-refractivity contribution in [1.29, 1.82) is 0 Å². The molecule has 26 heavy (non-hydrogen) atoms. The minimum atomic E-state index is -0.266. The molecule has 0 saturated heterocycles. The minimum Gasteiger partial charge on any atom is -0.351 e. The second-order valence-corrected chi connectivity index (χ2v) is 12.0. The van der Waals surface area contributed by atoms with E-state index in [9.17, 15) is 9.59 Å². The van der Waals surface area contributed by atoms with Gasteiger partial charge in [-0.25, -0.2) is 0 Å². The maximum absolute atomic E-state index is 12.7. The Bertz CT molecular complexity index is 473. The summed E-state index contributed by atoms with van der Waals surface area (Å²) in [4.78, 5) is 25.5. The molecule has 0 aromatic rings. The van der Waals surface area contributed by atoms with Gasteiger partial charge in [-0.3, -0.25) is 9.59 Å². The molecule has 1 fully saturated rings. The van der Waals surface area contributed by atoms with Crippen LogP contribution in [0.3, 0.4) is 0 Å². The molecule has 2 atom stereocenters. The van der Waals surface area contributed by atoms with Crippen LogP contribution >= 0.6 is 0 Å². The predicted molar refractivity (Wildman–Crippen MR) is 109 cm³/mol. The van der Waals surface area contributed by atoms with Crippen molar-refractivity contribution in [3.05, 3.63) is 0 Å². The summed E-state index contributed by atoms with van der Waals surface area (Å²) in [6, 6.07) is 0. The first kappa shape index (κ1) is 23.0. The normalized spacial score (nSPS) is 21.8. The van der Waals surface area contributed by atoms with Crippen molar-refractivity contribution in [2.75, 3.05) is 0 Å². The fourth-order valence-corrected chi connectivity index (χ4v) is 4.72. The van der Waals surface area contributed by atoms with E-state index in [1.807, 2.05) is 0 Å². The number of carbonyl (C=O) groups is 2. The van der Waals surface area contributed by atoms with Crippen LogP contribution in [-0.2, 0) is 9.59 Å². The Morgan fingerprint density at radius 2 is 0.923 bits per heavy atom. The monoisotopic (exact) mass is 366 g/mol. The number of carbonyl (C=O) groups excluding carboxylic acids is 2. The number of rotatable bonds is 6. The van der Waals surface area contributed by atoms with Crippen LogP contribution in [0.4, 0.5) is 0 Å². The Morgan fingerprint density at radius 3 is 1.12 bits per heavy atom. The molecule has 2 amide bonds. The highest BCUT2D eigenvalue weighted by Gasteiger charge is 2.44. The first-order chi connectivity index (χ1) is 11.4. The number of hydrogen-bond acceptors (Lipinski definition) is 2. The maximum Gasteiger partial charge on any atom is 0.224 e. The van der Waals surface area contributed by atoms with Gasteiger partial charge in [0.2, 0.25) is 11.8 Å². The summed E-state index contributed by atoms with van der Waals surface area (Å²) in [5.41, 5.74) is -0.247. The van der Waals surface area contributed by atoms with E-state index in [-0.39, 0.29) is 45.6 Å². The smallest absolute Gasteiger partial charge is 0.224 e. The first-order valence-electron chi connectivity index (χ1n) is 10.0. The zero-order valence-corrected chi connectivity index (χ0v) is 18.8. The van der Waals surface area contributed by atoms with E-state index < -0.39 is 0 Å². The highest BCUT2D eigenvalue weighted by atomic mass is 16.2. The zero-order valence-electron chi connectivity index (χ0n) is 18.8. The molecule has 4 heteroatoms. The van der Waals surface area contributed by atoms with Crippen molar-refractivity contribution < 1.29 is 9.59 Å². The Hall–Kier alpha value is -1.06. The third-order valence-electron chi connectivity index (χ3n) is 4.82. The maximum atomic E-state index is 12.7. The SMILES string of the molecule is CC(C)(C)CC(C)(C)NC(=O)C1CCC1C(=O)NC(C)(C)CC(C)(C)C. The number of amides is 2. The van der Waals surface area contributed by atoms with Crippen LogP contribution in [0.5, 0.6) is 0 Å². The summed E-state index contributed by atoms with van der Waals surface area (Å²) in [6.45, 7) is 21.3. The van der Waals surface area contributed by atoms with Crippen LogP contribution in [0.1, 0.15) is 94.9 Å². The van der Waals surface area contributed by atoms with Gasteiger partial charge in [-0.15, -0.1) is 0 Å². The van der Waals surface area contributed by atoms with Gasteiger partial charge < -0.3 is 10.6 Å². The lowest BCUT2D eigenvalue weighted by atomic mass is 9.71. The third-order valence-corrected chi connectivity index (χ3v) is 4.82. The van der Waals surface area contributed by atoms with Crippen LogP contribution in [0.25, 0.3) is 0 Å². The zero-order chi connectivity index (χ0) is 20.6. The molecule has 1 rings (SSSR count). The van der Waals surface area contributed by atoms with E-state index in [0.717, 1.165) is 25.7 Å². The van der Waals surface area contributed by atoms with Gasteiger partial charge in [-0.05, 0) is 64.2 Å². The lowest BCUT2D eigenvalue weighted by molar-refractivity contribution is -0.142.